The third kappa shape index (κ3) is 7.86. The first kappa shape index (κ1) is 17.7. The van der Waals surface area contributed by atoms with Gasteiger partial charge in [0.15, 0.2) is 12.7 Å². The van der Waals surface area contributed by atoms with Gasteiger partial charge in [0.2, 0.25) is 0 Å². The van der Waals surface area contributed by atoms with Crippen LogP contribution in [0.25, 0.3) is 0 Å². The van der Waals surface area contributed by atoms with E-state index in [2.05, 4.69) is 4.74 Å². The van der Waals surface area contributed by atoms with Crippen molar-refractivity contribution in [3.8, 4) is 0 Å². The van der Waals surface area contributed by atoms with Crippen LogP contribution in [-0.2, 0) is 23.8 Å². The first-order valence-corrected chi connectivity index (χ1v) is 6.51. The number of alkyl halides is 3. The van der Waals surface area contributed by atoms with Crippen LogP contribution < -0.4 is 5.32 Å². The molecule has 6 nitrogen and oxygen atoms in total. The highest BCUT2D eigenvalue weighted by Gasteiger charge is 2.28. The number of carbonyl (C=O) groups is 2. The van der Waals surface area contributed by atoms with Crippen molar-refractivity contribution in [1.82, 2.24) is 5.32 Å². The van der Waals surface area contributed by atoms with Crippen molar-refractivity contribution in [2.75, 3.05) is 26.4 Å². The Labute approximate surface area is 119 Å². The molecule has 2 atom stereocenters. The zero-order valence-corrected chi connectivity index (χ0v) is 11.6. The van der Waals surface area contributed by atoms with Gasteiger partial charge in [0.1, 0.15) is 6.54 Å². The normalized spacial score (nSPS) is 20.1. The van der Waals surface area contributed by atoms with E-state index in [0.29, 0.717) is 6.61 Å². The summed E-state index contributed by atoms with van der Waals surface area (Å²) in [6.07, 6.45) is -3.69. The van der Waals surface area contributed by atoms with Crippen LogP contribution in [0.3, 0.4) is 0 Å². The fourth-order valence-electron chi connectivity index (χ4n) is 1.60. The summed E-state index contributed by atoms with van der Waals surface area (Å²) in [6.45, 7) is 0.0880. The number of ether oxygens (including phenoxy) is 3. The van der Waals surface area contributed by atoms with E-state index in [-0.39, 0.29) is 12.7 Å². The van der Waals surface area contributed by atoms with Crippen LogP contribution in [0.15, 0.2) is 0 Å². The molecule has 0 aromatic rings. The van der Waals surface area contributed by atoms with E-state index in [9.17, 15) is 22.8 Å². The molecule has 9 heteroatoms. The third-order valence-corrected chi connectivity index (χ3v) is 2.72. The molecule has 1 aliphatic heterocycles. The molecule has 1 N–H and O–H groups in total. The lowest BCUT2D eigenvalue weighted by molar-refractivity contribution is -0.161. The van der Waals surface area contributed by atoms with Gasteiger partial charge in [-0.1, -0.05) is 0 Å². The van der Waals surface area contributed by atoms with Gasteiger partial charge in [0, 0.05) is 6.61 Å². The molecule has 122 valence electrons. The average Bonchev–Trinajstić information content (AvgIpc) is 2.92. The Kier molecular flexibility index (Phi) is 6.90. The first-order valence-electron chi connectivity index (χ1n) is 6.51. The molecular weight excluding hydrogens is 295 g/mol. The first-order chi connectivity index (χ1) is 9.78. The number of carbonyl (C=O) groups excluding carboxylic acids is 2. The topological polar surface area (TPSA) is 73.9 Å². The van der Waals surface area contributed by atoms with Gasteiger partial charge in [-0.25, -0.2) is 4.79 Å². The summed E-state index contributed by atoms with van der Waals surface area (Å²) in [7, 11) is 0. The summed E-state index contributed by atoms with van der Waals surface area (Å²) in [4.78, 5) is 22.5. The van der Waals surface area contributed by atoms with Crippen LogP contribution in [0.4, 0.5) is 13.2 Å². The molecule has 0 aromatic heterocycles. The molecule has 0 aliphatic carbocycles. The second-order valence-electron chi connectivity index (χ2n) is 4.61. The highest BCUT2D eigenvalue weighted by Crippen LogP contribution is 2.13. The second kappa shape index (κ2) is 8.18. The summed E-state index contributed by atoms with van der Waals surface area (Å²) in [5, 5.41) is 1.59. The Bertz CT molecular complexity index is 355. The van der Waals surface area contributed by atoms with Crippen LogP contribution in [0.2, 0.25) is 0 Å². The molecule has 1 amide bonds. The van der Waals surface area contributed by atoms with Gasteiger partial charge < -0.3 is 19.5 Å². The van der Waals surface area contributed by atoms with Gasteiger partial charge in [0.25, 0.3) is 5.91 Å². The Balaban J connectivity index is 2.15. The van der Waals surface area contributed by atoms with Crippen molar-refractivity contribution < 1.29 is 37.0 Å². The number of hydrogen-bond donors (Lipinski definition) is 1. The van der Waals surface area contributed by atoms with Gasteiger partial charge in [0.05, 0.1) is 12.7 Å². The molecule has 1 rings (SSSR count). The quantitative estimate of drug-likeness (QED) is 0.704. The fourth-order valence-corrected chi connectivity index (χ4v) is 1.60. The molecule has 1 saturated heterocycles. The smallest absolute Gasteiger partial charge is 0.405 e. The number of amides is 1. The molecule has 0 aromatic carbocycles. The molecule has 0 spiro atoms. The van der Waals surface area contributed by atoms with Crippen LogP contribution in [0.5, 0.6) is 0 Å². The van der Waals surface area contributed by atoms with Gasteiger partial charge in [-0.2, -0.15) is 13.2 Å². The molecule has 0 bridgehead atoms. The minimum absolute atomic E-state index is 0.0599. The molecule has 0 radical (unpaired) electrons. The Morgan fingerprint density at radius 1 is 1.43 bits per heavy atom. The van der Waals surface area contributed by atoms with E-state index in [1.165, 1.54) is 6.92 Å². The standard InChI is InChI=1S/C12H18F3NO5/c1-8(20-5-9-3-2-4-19-9)11(18)21-6-10(17)16-7-12(13,14)15/h8-9H,2-7H2,1H3,(H,16,17). The highest BCUT2D eigenvalue weighted by atomic mass is 19.4. The van der Waals surface area contributed by atoms with Crippen molar-refractivity contribution in [2.45, 2.75) is 38.1 Å². The van der Waals surface area contributed by atoms with Gasteiger partial charge in [-0.15, -0.1) is 0 Å². The van der Waals surface area contributed by atoms with Crippen LogP contribution >= 0.6 is 0 Å². The monoisotopic (exact) mass is 313 g/mol. The zero-order valence-electron chi connectivity index (χ0n) is 11.6. The molecule has 0 saturated carbocycles. The van der Waals surface area contributed by atoms with Crippen molar-refractivity contribution >= 4 is 11.9 Å². The minimum atomic E-state index is -4.50. The number of esters is 1. The SMILES string of the molecule is CC(OCC1CCCO1)C(=O)OCC(=O)NCC(F)(F)F. The lowest BCUT2D eigenvalue weighted by Gasteiger charge is -2.15. The van der Waals surface area contributed by atoms with Crippen LogP contribution in [0, 0.1) is 0 Å². The Hall–Kier alpha value is -1.35. The number of hydrogen-bond acceptors (Lipinski definition) is 5. The number of nitrogens with one attached hydrogen (secondary N) is 1. The van der Waals surface area contributed by atoms with E-state index in [1.54, 1.807) is 5.32 Å². The molecule has 1 fully saturated rings. The van der Waals surface area contributed by atoms with E-state index in [0.717, 1.165) is 12.8 Å². The van der Waals surface area contributed by atoms with Gasteiger partial charge in [-0.3, -0.25) is 4.79 Å². The molecular formula is C12H18F3NO5. The van der Waals surface area contributed by atoms with E-state index < -0.39 is 37.3 Å². The number of rotatable bonds is 7. The summed E-state index contributed by atoms with van der Waals surface area (Å²) >= 11 is 0. The van der Waals surface area contributed by atoms with Crippen molar-refractivity contribution in [1.29, 1.82) is 0 Å². The van der Waals surface area contributed by atoms with Crippen molar-refractivity contribution in [3.05, 3.63) is 0 Å². The van der Waals surface area contributed by atoms with Gasteiger partial charge >= 0.3 is 12.1 Å². The maximum Gasteiger partial charge on any atom is 0.405 e. The second-order valence-corrected chi connectivity index (χ2v) is 4.61. The summed E-state index contributed by atoms with van der Waals surface area (Å²) in [6, 6.07) is 0. The molecule has 2 unspecified atom stereocenters. The predicted octanol–water partition coefficient (Wildman–Crippen LogP) is 0.792. The minimum Gasteiger partial charge on any atom is -0.454 e. The van der Waals surface area contributed by atoms with Crippen LogP contribution in [0.1, 0.15) is 19.8 Å². The van der Waals surface area contributed by atoms with Gasteiger partial charge in [-0.05, 0) is 19.8 Å². The molecule has 1 heterocycles. The lowest BCUT2D eigenvalue weighted by atomic mass is 10.2. The Morgan fingerprint density at radius 2 is 2.14 bits per heavy atom. The zero-order chi connectivity index (χ0) is 15.9. The average molecular weight is 313 g/mol. The molecule has 1 aliphatic rings. The fraction of sp³-hybridized carbons (Fsp3) is 0.833. The summed E-state index contributed by atoms with van der Waals surface area (Å²) in [5.41, 5.74) is 0. The summed E-state index contributed by atoms with van der Waals surface area (Å²) < 4.78 is 50.6. The van der Waals surface area contributed by atoms with Crippen LogP contribution in [-0.4, -0.2) is 56.6 Å². The van der Waals surface area contributed by atoms with Crippen molar-refractivity contribution in [3.63, 3.8) is 0 Å². The summed E-state index contributed by atoms with van der Waals surface area (Å²) in [5.74, 6) is -1.83. The Morgan fingerprint density at radius 3 is 2.71 bits per heavy atom. The molecule has 21 heavy (non-hydrogen) atoms. The van der Waals surface area contributed by atoms with Crippen molar-refractivity contribution in [2.24, 2.45) is 0 Å². The lowest BCUT2D eigenvalue weighted by Crippen LogP contribution is -2.37. The number of halogens is 3. The third-order valence-electron chi connectivity index (χ3n) is 2.72. The predicted molar refractivity (Wildman–Crippen MR) is 64.4 cm³/mol. The largest absolute Gasteiger partial charge is 0.454 e. The maximum absolute atomic E-state index is 11.8. The van der Waals surface area contributed by atoms with E-state index in [1.807, 2.05) is 0 Å². The maximum atomic E-state index is 11.8. The van der Waals surface area contributed by atoms with E-state index >= 15 is 0 Å². The highest BCUT2D eigenvalue weighted by molar-refractivity contribution is 5.81. The van der Waals surface area contributed by atoms with E-state index in [4.69, 9.17) is 9.47 Å².